The Morgan fingerprint density at radius 2 is 2.24 bits per heavy atom. The molecular formula is C16H23BrN2O2. The minimum Gasteiger partial charge on any atom is -0.508 e. The van der Waals surface area contributed by atoms with Crippen LogP contribution < -0.4 is 5.32 Å². The summed E-state index contributed by atoms with van der Waals surface area (Å²) in [5, 5.41) is 13.6. The number of hydrogen-bond acceptors (Lipinski definition) is 3. The predicted molar refractivity (Wildman–Crippen MR) is 87.3 cm³/mol. The van der Waals surface area contributed by atoms with Crippen molar-refractivity contribution < 1.29 is 9.90 Å². The standard InChI is InChI=1S/C16H23BrN2O2/c1-3-14(13-9-12(17)6-7-15(13)20)18-11(2)10-19-8-4-5-16(19)21/h6-7,9,11,14,18,20H,3-5,8,10H2,1-2H3. The maximum Gasteiger partial charge on any atom is 0.222 e. The van der Waals surface area contributed by atoms with E-state index in [1.54, 1.807) is 6.07 Å². The van der Waals surface area contributed by atoms with Gasteiger partial charge in [-0.25, -0.2) is 0 Å². The van der Waals surface area contributed by atoms with Gasteiger partial charge in [0.05, 0.1) is 0 Å². The Hall–Kier alpha value is -1.07. The summed E-state index contributed by atoms with van der Waals surface area (Å²) in [6.45, 7) is 5.77. The quantitative estimate of drug-likeness (QED) is 0.824. The second kappa shape index (κ2) is 7.27. The third-order valence-electron chi connectivity index (χ3n) is 3.92. The maximum absolute atomic E-state index is 11.7. The molecule has 0 aliphatic carbocycles. The Bertz CT molecular complexity index is 507. The molecule has 5 heteroatoms. The van der Waals surface area contributed by atoms with Crippen LogP contribution in [0, 0.1) is 0 Å². The van der Waals surface area contributed by atoms with Gasteiger partial charge in [-0.15, -0.1) is 0 Å². The topological polar surface area (TPSA) is 52.6 Å². The number of amides is 1. The molecule has 2 unspecified atom stereocenters. The SMILES string of the molecule is CCC(NC(C)CN1CCCC1=O)c1cc(Br)ccc1O. The maximum atomic E-state index is 11.7. The zero-order valence-corrected chi connectivity index (χ0v) is 14.2. The number of carbonyl (C=O) groups excluding carboxylic acids is 1. The van der Waals surface area contributed by atoms with Crippen molar-refractivity contribution in [3.05, 3.63) is 28.2 Å². The number of hydrogen-bond donors (Lipinski definition) is 2. The van der Waals surface area contributed by atoms with Crippen LogP contribution in [0.2, 0.25) is 0 Å². The van der Waals surface area contributed by atoms with Crippen molar-refractivity contribution in [2.45, 2.75) is 45.2 Å². The lowest BCUT2D eigenvalue weighted by Crippen LogP contribution is -2.41. The molecule has 2 N–H and O–H groups in total. The molecule has 116 valence electrons. The first kappa shape index (κ1) is 16.3. The molecule has 2 atom stereocenters. The van der Waals surface area contributed by atoms with Crippen molar-refractivity contribution >= 4 is 21.8 Å². The Labute approximate surface area is 134 Å². The molecule has 1 aliphatic rings. The fraction of sp³-hybridized carbons (Fsp3) is 0.562. The number of phenols is 1. The minimum absolute atomic E-state index is 0.0789. The van der Waals surface area contributed by atoms with Crippen molar-refractivity contribution in [3.8, 4) is 5.75 Å². The molecule has 0 saturated carbocycles. The van der Waals surface area contributed by atoms with Gasteiger partial charge in [0.2, 0.25) is 5.91 Å². The minimum atomic E-state index is 0.0789. The summed E-state index contributed by atoms with van der Waals surface area (Å²) in [5.74, 6) is 0.559. The molecule has 1 saturated heterocycles. The third-order valence-corrected chi connectivity index (χ3v) is 4.42. The van der Waals surface area contributed by atoms with E-state index in [1.807, 2.05) is 17.0 Å². The molecule has 0 radical (unpaired) electrons. The van der Waals surface area contributed by atoms with Crippen LogP contribution in [-0.2, 0) is 4.79 Å². The van der Waals surface area contributed by atoms with Crippen LogP contribution in [0.4, 0.5) is 0 Å². The zero-order chi connectivity index (χ0) is 15.4. The molecule has 1 fully saturated rings. The highest BCUT2D eigenvalue weighted by atomic mass is 79.9. The summed E-state index contributed by atoms with van der Waals surface area (Å²) in [4.78, 5) is 13.6. The molecule has 0 spiro atoms. The van der Waals surface area contributed by atoms with Gasteiger partial charge in [-0.3, -0.25) is 4.79 Å². The van der Waals surface area contributed by atoms with Gasteiger partial charge < -0.3 is 15.3 Å². The first-order valence-corrected chi connectivity index (χ1v) is 8.32. The van der Waals surface area contributed by atoms with Crippen LogP contribution in [0.1, 0.15) is 44.7 Å². The fourth-order valence-corrected chi connectivity index (χ4v) is 3.23. The molecule has 0 aromatic heterocycles. The highest BCUT2D eigenvalue weighted by molar-refractivity contribution is 9.10. The monoisotopic (exact) mass is 354 g/mol. The number of nitrogens with one attached hydrogen (secondary N) is 1. The lowest BCUT2D eigenvalue weighted by atomic mass is 10.0. The Morgan fingerprint density at radius 3 is 2.86 bits per heavy atom. The number of benzene rings is 1. The first-order chi connectivity index (χ1) is 10.0. The summed E-state index contributed by atoms with van der Waals surface area (Å²) < 4.78 is 0.956. The Morgan fingerprint density at radius 1 is 1.48 bits per heavy atom. The van der Waals surface area contributed by atoms with Crippen LogP contribution in [-0.4, -0.2) is 35.0 Å². The van der Waals surface area contributed by atoms with E-state index in [4.69, 9.17) is 0 Å². The van der Waals surface area contributed by atoms with E-state index < -0.39 is 0 Å². The van der Waals surface area contributed by atoms with Gasteiger partial charge >= 0.3 is 0 Å². The Kier molecular flexibility index (Phi) is 5.65. The van der Waals surface area contributed by atoms with Gasteiger partial charge in [0.25, 0.3) is 0 Å². The van der Waals surface area contributed by atoms with Crippen LogP contribution in [0.5, 0.6) is 5.75 Å². The first-order valence-electron chi connectivity index (χ1n) is 7.53. The predicted octanol–water partition coefficient (Wildman–Crippen LogP) is 3.21. The molecule has 2 rings (SSSR count). The molecule has 1 aliphatic heterocycles. The summed E-state index contributed by atoms with van der Waals surface area (Å²) in [6, 6.07) is 5.76. The van der Waals surface area contributed by atoms with E-state index >= 15 is 0 Å². The molecule has 1 aromatic rings. The van der Waals surface area contributed by atoms with Gasteiger partial charge in [-0.05, 0) is 38.0 Å². The number of likely N-dealkylation sites (tertiary alicyclic amines) is 1. The number of phenolic OH excluding ortho intramolecular Hbond substituents is 1. The largest absolute Gasteiger partial charge is 0.508 e. The van der Waals surface area contributed by atoms with Crippen LogP contribution in [0.15, 0.2) is 22.7 Å². The van der Waals surface area contributed by atoms with Crippen molar-refractivity contribution in [2.24, 2.45) is 0 Å². The van der Waals surface area contributed by atoms with Gasteiger partial charge in [-0.2, -0.15) is 0 Å². The number of rotatable bonds is 6. The van der Waals surface area contributed by atoms with Gasteiger partial charge in [-0.1, -0.05) is 22.9 Å². The highest BCUT2D eigenvalue weighted by Crippen LogP contribution is 2.29. The van der Waals surface area contributed by atoms with Crippen molar-refractivity contribution in [1.29, 1.82) is 0 Å². The van der Waals surface area contributed by atoms with Gasteiger partial charge in [0.1, 0.15) is 5.75 Å². The molecule has 1 heterocycles. The highest BCUT2D eigenvalue weighted by Gasteiger charge is 2.23. The van der Waals surface area contributed by atoms with Gasteiger partial charge in [0, 0.05) is 41.6 Å². The van der Waals surface area contributed by atoms with E-state index in [0.717, 1.165) is 36.0 Å². The van der Waals surface area contributed by atoms with E-state index in [2.05, 4.69) is 35.1 Å². The molecule has 1 amide bonds. The van der Waals surface area contributed by atoms with Crippen molar-refractivity contribution in [3.63, 3.8) is 0 Å². The number of halogens is 1. The van der Waals surface area contributed by atoms with E-state index in [1.165, 1.54) is 0 Å². The van der Waals surface area contributed by atoms with E-state index in [-0.39, 0.29) is 18.0 Å². The molecular weight excluding hydrogens is 332 g/mol. The normalized spacial score (nSPS) is 18.0. The lowest BCUT2D eigenvalue weighted by molar-refractivity contribution is -0.127. The van der Waals surface area contributed by atoms with Crippen LogP contribution >= 0.6 is 15.9 Å². The summed E-state index contributed by atoms with van der Waals surface area (Å²) in [5.41, 5.74) is 0.895. The number of nitrogens with zero attached hydrogens (tertiary/aromatic N) is 1. The average Bonchev–Trinajstić information content (AvgIpc) is 2.84. The van der Waals surface area contributed by atoms with E-state index in [0.29, 0.717) is 12.2 Å². The number of aromatic hydroxyl groups is 1. The third kappa shape index (κ3) is 4.20. The van der Waals surface area contributed by atoms with Gasteiger partial charge in [0.15, 0.2) is 0 Å². The van der Waals surface area contributed by atoms with Crippen molar-refractivity contribution in [1.82, 2.24) is 10.2 Å². The average molecular weight is 355 g/mol. The van der Waals surface area contributed by atoms with Crippen LogP contribution in [0.25, 0.3) is 0 Å². The molecule has 0 bridgehead atoms. The van der Waals surface area contributed by atoms with Crippen LogP contribution in [0.3, 0.4) is 0 Å². The number of carbonyl (C=O) groups is 1. The summed E-state index contributed by atoms with van der Waals surface area (Å²) in [6.07, 6.45) is 2.52. The zero-order valence-electron chi connectivity index (χ0n) is 12.6. The second-order valence-electron chi connectivity index (χ2n) is 5.67. The smallest absolute Gasteiger partial charge is 0.222 e. The molecule has 4 nitrogen and oxygen atoms in total. The second-order valence-corrected chi connectivity index (χ2v) is 6.59. The van der Waals surface area contributed by atoms with E-state index in [9.17, 15) is 9.90 Å². The summed E-state index contributed by atoms with van der Waals surface area (Å²) in [7, 11) is 0. The molecule has 1 aromatic carbocycles. The fourth-order valence-electron chi connectivity index (χ4n) is 2.86. The lowest BCUT2D eigenvalue weighted by Gasteiger charge is -2.27. The molecule has 21 heavy (non-hydrogen) atoms. The van der Waals surface area contributed by atoms with Crippen molar-refractivity contribution in [2.75, 3.05) is 13.1 Å². The summed E-state index contributed by atoms with van der Waals surface area (Å²) >= 11 is 3.45. The Balaban J connectivity index is 2.01.